The fourth-order valence-electron chi connectivity index (χ4n) is 2.83. The number of nitrogens with one attached hydrogen (secondary N) is 1. The molecule has 1 N–H and O–H groups in total. The van der Waals surface area contributed by atoms with E-state index in [1.54, 1.807) is 6.92 Å². The van der Waals surface area contributed by atoms with Crippen LogP contribution in [0.5, 0.6) is 0 Å². The molecule has 2 rings (SSSR count). The van der Waals surface area contributed by atoms with Crippen molar-refractivity contribution in [3.8, 4) is 0 Å². The summed E-state index contributed by atoms with van der Waals surface area (Å²) in [6.45, 7) is 1.31. The number of hydrogen-bond donors (Lipinski definition) is 1. The number of alkyl halides is 3. The van der Waals surface area contributed by atoms with Crippen molar-refractivity contribution in [2.45, 2.75) is 32.1 Å². The maximum atomic E-state index is 14.2. The van der Waals surface area contributed by atoms with Crippen molar-refractivity contribution in [3.63, 3.8) is 0 Å². The minimum Gasteiger partial charge on any atom is -0.350 e. The molecule has 0 fully saturated rings. The van der Waals surface area contributed by atoms with Crippen LogP contribution in [0.4, 0.5) is 23.2 Å². The Morgan fingerprint density at radius 3 is 2.34 bits per heavy atom. The predicted octanol–water partition coefficient (Wildman–Crippen LogP) is 3.71. The molecule has 29 heavy (non-hydrogen) atoms. The molecule has 0 aromatic heterocycles. The van der Waals surface area contributed by atoms with Crippen molar-refractivity contribution in [1.29, 1.82) is 0 Å². The first-order valence-electron chi connectivity index (χ1n) is 8.63. The molecule has 1 atom stereocenters. The molecule has 0 heterocycles. The van der Waals surface area contributed by atoms with Gasteiger partial charge >= 0.3 is 6.18 Å². The highest BCUT2D eigenvalue weighted by Crippen LogP contribution is 2.29. The molecular weight excluding hydrogens is 412 g/mol. The zero-order chi connectivity index (χ0) is 21.8. The lowest BCUT2D eigenvalue weighted by atomic mass is 10.1. The largest absolute Gasteiger partial charge is 0.416 e. The zero-order valence-electron chi connectivity index (χ0n) is 15.7. The molecule has 0 bridgehead atoms. The average molecular weight is 432 g/mol. The standard InChI is InChI=1S/C19H20F4N2O3S/c1-3-16(25(29(2,27)28)17-10-5-4-9-15(17)20)18(26)24-12-13-7-6-8-14(11-13)19(21,22)23/h4-11,16H,3,12H2,1-2H3,(H,24,26)/t16-/m1/s1. The predicted molar refractivity (Wildman–Crippen MR) is 101 cm³/mol. The smallest absolute Gasteiger partial charge is 0.350 e. The van der Waals surface area contributed by atoms with Gasteiger partial charge in [-0.15, -0.1) is 0 Å². The molecule has 0 unspecified atom stereocenters. The van der Waals surface area contributed by atoms with Gasteiger partial charge < -0.3 is 5.32 Å². The van der Waals surface area contributed by atoms with Gasteiger partial charge in [0.2, 0.25) is 15.9 Å². The van der Waals surface area contributed by atoms with Gasteiger partial charge in [0.1, 0.15) is 11.9 Å². The van der Waals surface area contributed by atoms with E-state index in [2.05, 4.69) is 5.32 Å². The van der Waals surface area contributed by atoms with E-state index in [0.717, 1.165) is 24.5 Å². The second-order valence-electron chi connectivity index (χ2n) is 6.35. The third kappa shape index (κ3) is 5.69. The highest BCUT2D eigenvalue weighted by molar-refractivity contribution is 7.92. The number of amides is 1. The second kappa shape index (κ2) is 8.81. The lowest BCUT2D eigenvalue weighted by molar-refractivity contribution is -0.137. The number of para-hydroxylation sites is 1. The number of carbonyl (C=O) groups excluding carboxylic acids is 1. The summed E-state index contributed by atoms with van der Waals surface area (Å²) in [5.74, 6) is -1.57. The molecule has 0 aliphatic heterocycles. The summed E-state index contributed by atoms with van der Waals surface area (Å²) in [7, 11) is -4.02. The zero-order valence-corrected chi connectivity index (χ0v) is 16.5. The highest BCUT2D eigenvalue weighted by Gasteiger charge is 2.33. The van der Waals surface area contributed by atoms with E-state index >= 15 is 0 Å². The third-order valence-electron chi connectivity index (χ3n) is 4.14. The van der Waals surface area contributed by atoms with Gasteiger partial charge in [-0.1, -0.05) is 31.2 Å². The summed E-state index contributed by atoms with van der Waals surface area (Å²) in [6.07, 6.45) is -3.65. The summed E-state index contributed by atoms with van der Waals surface area (Å²) in [5, 5.41) is 2.44. The van der Waals surface area contributed by atoms with Crippen LogP contribution in [-0.4, -0.2) is 26.6 Å². The van der Waals surface area contributed by atoms with Crippen molar-refractivity contribution < 1.29 is 30.8 Å². The topological polar surface area (TPSA) is 66.5 Å². The van der Waals surface area contributed by atoms with E-state index in [1.165, 1.54) is 30.3 Å². The van der Waals surface area contributed by atoms with E-state index in [1.807, 2.05) is 0 Å². The van der Waals surface area contributed by atoms with Crippen molar-refractivity contribution in [2.24, 2.45) is 0 Å². The Hall–Kier alpha value is -2.62. The summed E-state index contributed by atoms with van der Waals surface area (Å²) < 4.78 is 77.9. The number of anilines is 1. The normalized spacial score (nSPS) is 13.0. The molecule has 1 amide bonds. The number of halogens is 4. The molecule has 0 saturated heterocycles. The van der Waals surface area contributed by atoms with Crippen LogP contribution in [-0.2, 0) is 27.5 Å². The lowest BCUT2D eigenvalue weighted by Crippen LogP contribution is -2.49. The van der Waals surface area contributed by atoms with Crippen molar-refractivity contribution in [1.82, 2.24) is 5.32 Å². The van der Waals surface area contributed by atoms with Gasteiger partial charge in [-0.2, -0.15) is 13.2 Å². The van der Waals surface area contributed by atoms with Crippen LogP contribution in [0, 0.1) is 5.82 Å². The molecule has 0 spiro atoms. The minimum absolute atomic E-state index is 0.0236. The van der Waals surface area contributed by atoms with Gasteiger partial charge in [-0.25, -0.2) is 12.8 Å². The highest BCUT2D eigenvalue weighted by atomic mass is 32.2. The molecule has 0 radical (unpaired) electrons. The summed E-state index contributed by atoms with van der Waals surface area (Å²) in [5.41, 5.74) is -0.948. The number of carbonyl (C=O) groups is 1. The molecule has 5 nitrogen and oxygen atoms in total. The summed E-state index contributed by atoms with van der Waals surface area (Å²) >= 11 is 0. The van der Waals surface area contributed by atoms with Crippen LogP contribution < -0.4 is 9.62 Å². The minimum atomic E-state index is -4.52. The van der Waals surface area contributed by atoms with Gasteiger partial charge in [0.25, 0.3) is 0 Å². The first-order chi connectivity index (χ1) is 13.4. The SMILES string of the molecule is CC[C@H](C(=O)NCc1cccc(C(F)(F)F)c1)N(c1ccccc1F)S(C)(=O)=O. The van der Waals surface area contributed by atoms with Crippen molar-refractivity contribution >= 4 is 21.6 Å². The molecule has 10 heteroatoms. The van der Waals surface area contributed by atoms with Crippen LogP contribution in [0.25, 0.3) is 0 Å². The first kappa shape index (κ1) is 22.7. The second-order valence-corrected chi connectivity index (χ2v) is 8.21. The van der Waals surface area contributed by atoms with E-state index in [9.17, 15) is 30.8 Å². The molecule has 0 aliphatic rings. The monoisotopic (exact) mass is 432 g/mol. The fourth-order valence-corrected chi connectivity index (χ4v) is 4.04. The Kier molecular flexibility index (Phi) is 6.89. The summed E-state index contributed by atoms with van der Waals surface area (Å²) in [4.78, 5) is 12.6. The third-order valence-corrected chi connectivity index (χ3v) is 5.31. The van der Waals surface area contributed by atoms with Crippen LogP contribution in [0.2, 0.25) is 0 Å². The number of rotatable bonds is 7. The number of nitrogens with zero attached hydrogens (tertiary/aromatic N) is 1. The average Bonchev–Trinajstić information content (AvgIpc) is 2.63. The van der Waals surface area contributed by atoms with Gasteiger partial charge in [-0.3, -0.25) is 9.10 Å². The Labute approximate surface area is 166 Å². The maximum absolute atomic E-state index is 14.2. The molecule has 158 valence electrons. The Morgan fingerprint density at radius 2 is 1.79 bits per heavy atom. The Morgan fingerprint density at radius 1 is 1.14 bits per heavy atom. The Balaban J connectivity index is 2.26. The van der Waals surface area contributed by atoms with Gasteiger partial charge in [0, 0.05) is 6.54 Å². The number of hydrogen-bond acceptors (Lipinski definition) is 3. The van der Waals surface area contributed by atoms with Gasteiger partial charge in [0.15, 0.2) is 0 Å². The fraction of sp³-hybridized carbons (Fsp3) is 0.316. The molecule has 2 aromatic rings. The van der Waals surface area contributed by atoms with Crippen LogP contribution in [0.15, 0.2) is 48.5 Å². The van der Waals surface area contributed by atoms with E-state index in [4.69, 9.17) is 0 Å². The molecule has 0 saturated carbocycles. The Bertz CT molecular complexity index is 977. The molecular formula is C19H20F4N2O3S. The molecule has 2 aromatic carbocycles. The lowest BCUT2D eigenvalue weighted by Gasteiger charge is -2.30. The van der Waals surface area contributed by atoms with Crippen molar-refractivity contribution in [2.75, 3.05) is 10.6 Å². The van der Waals surface area contributed by atoms with E-state index in [-0.39, 0.29) is 24.2 Å². The number of benzene rings is 2. The van der Waals surface area contributed by atoms with Gasteiger partial charge in [0.05, 0.1) is 17.5 Å². The summed E-state index contributed by atoms with van der Waals surface area (Å²) in [6, 6.07) is 8.27. The van der Waals surface area contributed by atoms with Gasteiger partial charge in [-0.05, 0) is 36.2 Å². The molecule has 0 aliphatic carbocycles. The van der Waals surface area contributed by atoms with E-state index in [0.29, 0.717) is 4.31 Å². The quantitative estimate of drug-likeness (QED) is 0.679. The van der Waals surface area contributed by atoms with Crippen LogP contribution in [0.3, 0.4) is 0 Å². The number of sulfonamides is 1. The van der Waals surface area contributed by atoms with Crippen molar-refractivity contribution in [3.05, 3.63) is 65.5 Å². The van der Waals surface area contributed by atoms with Crippen LogP contribution >= 0.6 is 0 Å². The first-order valence-corrected chi connectivity index (χ1v) is 10.5. The van der Waals surface area contributed by atoms with Crippen LogP contribution in [0.1, 0.15) is 24.5 Å². The maximum Gasteiger partial charge on any atom is 0.416 e. The van der Waals surface area contributed by atoms with E-state index < -0.39 is 39.5 Å².